The van der Waals surface area contributed by atoms with Gasteiger partial charge in [-0.3, -0.25) is 4.90 Å². The van der Waals surface area contributed by atoms with E-state index in [1.807, 2.05) is 17.4 Å². The Morgan fingerprint density at radius 1 is 1.18 bits per heavy atom. The number of ether oxygens (including phenoxy) is 3. The summed E-state index contributed by atoms with van der Waals surface area (Å²) in [4.78, 5) is 15.1. The average molecular weight is 467 g/mol. The quantitative estimate of drug-likeness (QED) is 0.592. The average Bonchev–Trinajstić information content (AvgIpc) is 3.43. The standard InChI is InChI=1S/C25H30N4O3S/c1-15-3-5-18-21(11-15)33-25-23(18)24(27-22(28-25)13-29-7-9-30-10-8-29)26-16(2)17-4-6-19-20(12-17)32-14-31-19/h4,6,12,15-16H,3,5,7-11,13-14H2,1-2H3,(H,26,27,28)/t15-,16+/m1/s1. The van der Waals surface area contributed by atoms with E-state index in [0.717, 1.165) is 85.1 Å². The predicted octanol–water partition coefficient (Wildman–Crippen LogP) is 4.55. The summed E-state index contributed by atoms with van der Waals surface area (Å²) in [6, 6.07) is 6.23. The van der Waals surface area contributed by atoms with E-state index in [-0.39, 0.29) is 12.8 Å². The van der Waals surface area contributed by atoms with Gasteiger partial charge in [0.25, 0.3) is 0 Å². The van der Waals surface area contributed by atoms with Crippen molar-refractivity contribution in [1.29, 1.82) is 0 Å². The molecule has 1 N–H and O–H groups in total. The van der Waals surface area contributed by atoms with Gasteiger partial charge in [-0.2, -0.15) is 0 Å². The summed E-state index contributed by atoms with van der Waals surface area (Å²) in [7, 11) is 0. The molecule has 0 bridgehead atoms. The number of rotatable bonds is 5. The zero-order chi connectivity index (χ0) is 22.4. The number of nitrogens with zero attached hydrogens (tertiary/aromatic N) is 3. The number of nitrogens with one attached hydrogen (secondary N) is 1. The van der Waals surface area contributed by atoms with Gasteiger partial charge in [0, 0.05) is 18.0 Å². The van der Waals surface area contributed by atoms with Gasteiger partial charge in [0.1, 0.15) is 16.5 Å². The van der Waals surface area contributed by atoms with E-state index in [9.17, 15) is 0 Å². The molecule has 0 amide bonds. The van der Waals surface area contributed by atoms with Crippen molar-refractivity contribution in [2.24, 2.45) is 5.92 Å². The highest BCUT2D eigenvalue weighted by molar-refractivity contribution is 7.19. The molecule has 3 aliphatic rings. The molecule has 1 aromatic carbocycles. The Balaban J connectivity index is 1.36. The lowest BCUT2D eigenvalue weighted by molar-refractivity contribution is 0.0331. The Labute approximate surface area is 198 Å². The van der Waals surface area contributed by atoms with Crippen LogP contribution in [0.15, 0.2) is 18.2 Å². The number of aryl methyl sites for hydroxylation is 1. The monoisotopic (exact) mass is 466 g/mol. The molecule has 0 saturated carbocycles. The Bertz CT molecular complexity index is 1170. The number of thiophene rings is 1. The second kappa shape index (κ2) is 8.74. The molecule has 174 valence electrons. The SMILES string of the molecule is C[C@@H]1CCc2c(sc3nc(CN4CCOCC4)nc(N[C@@H](C)c4ccc5c(c4)OCO5)c23)C1. The van der Waals surface area contributed by atoms with Crippen molar-refractivity contribution >= 4 is 27.4 Å². The third-order valence-electron chi connectivity index (χ3n) is 6.92. The van der Waals surface area contributed by atoms with Crippen LogP contribution in [0.4, 0.5) is 5.82 Å². The van der Waals surface area contributed by atoms with E-state index in [4.69, 9.17) is 24.2 Å². The van der Waals surface area contributed by atoms with Crippen LogP contribution in [0.5, 0.6) is 11.5 Å². The van der Waals surface area contributed by atoms with Gasteiger partial charge in [-0.25, -0.2) is 9.97 Å². The highest BCUT2D eigenvalue weighted by Crippen LogP contribution is 2.41. The van der Waals surface area contributed by atoms with Crippen molar-refractivity contribution in [2.75, 3.05) is 38.4 Å². The molecule has 8 heteroatoms. The van der Waals surface area contributed by atoms with Gasteiger partial charge < -0.3 is 19.5 Å². The summed E-state index contributed by atoms with van der Waals surface area (Å²) >= 11 is 1.86. The van der Waals surface area contributed by atoms with E-state index >= 15 is 0 Å². The molecule has 6 rings (SSSR count). The summed E-state index contributed by atoms with van der Waals surface area (Å²) in [6.07, 6.45) is 3.48. The fourth-order valence-corrected chi connectivity index (χ4v) is 6.39. The minimum absolute atomic E-state index is 0.0758. The van der Waals surface area contributed by atoms with Crippen molar-refractivity contribution < 1.29 is 14.2 Å². The van der Waals surface area contributed by atoms with Gasteiger partial charge in [0.2, 0.25) is 6.79 Å². The van der Waals surface area contributed by atoms with Crippen LogP contribution in [0.2, 0.25) is 0 Å². The maximum Gasteiger partial charge on any atom is 0.231 e. The highest BCUT2D eigenvalue weighted by atomic mass is 32.1. The van der Waals surface area contributed by atoms with E-state index in [0.29, 0.717) is 0 Å². The second-order valence-corrected chi connectivity index (χ2v) is 10.5. The molecule has 0 radical (unpaired) electrons. The summed E-state index contributed by atoms with van der Waals surface area (Å²) in [5.74, 6) is 4.19. The van der Waals surface area contributed by atoms with E-state index in [1.54, 1.807) is 0 Å². The summed E-state index contributed by atoms with van der Waals surface area (Å²) in [5, 5.41) is 4.96. The third-order valence-corrected chi connectivity index (χ3v) is 8.07. The van der Waals surface area contributed by atoms with E-state index < -0.39 is 0 Å². The summed E-state index contributed by atoms with van der Waals surface area (Å²) in [6.45, 7) is 8.98. The van der Waals surface area contributed by atoms with Crippen LogP contribution in [0.25, 0.3) is 10.2 Å². The Morgan fingerprint density at radius 2 is 2.03 bits per heavy atom. The number of hydrogen-bond donors (Lipinski definition) is 1. The van der Waals surface area contributed by atoms with Gasteiger partial charge in [0.05, 0.1) is 31.2 Å². The first kappa shape index (κ1) is 21.1. The Kier molecular flexibility index (Phi) is 5.60. The van der Waals surface area contributed by atoms with Gasteiger partial charge in [-0.15, -0.1) is 11.3 Å². The van der Waals surface area contributed by atoms with Gasteiger partial charge >= 0.3 is 0 Å². The number of anilines is 1. The van der Waals surface area contributed by atoms with Crippen LogP contribution in [-0.4, -0.2) is 48.0 Å². The molecule has 0 unspecified atom stereocenters. The fraction of sp³-hybridized carbons (Fsp3) is 0.520. The lowest BCUT2D eigenvalue weighted by Gasteiger charge is -2.26. The lowest BCUT2D eigenvalue weighted by atomic mass is 9.89. The van der Waals surface area contributed by atoms with Crippen LogP contribution in [0.3, 0.4) is 0 Å². The van der Waals surface area contributed by atoms with Crippen LogP contribution < -0.4 is 14.8 Å². The van der Waals surface area contributed by atoms with Gasteiger partial charge in [-0.1, -0.05) is 13.0 Å². The third kappa shape index (κ3) is 4.16. The molecule has 2 atom stereocenters. The van der Waals surface area contributed by atoms with E-state index in [1.165, 1.54) is 22.2 Å². The molecular weight excluding hydrogens is 436 g/mol. The normalized spacial score (nSPS) is 21.2. The molecule has 2 aliphatic heterocycles. The number of morpholine rings is 1. The van der Waals surface area contributed by atoms with Crippen LogP contribution in [0.1, 0.15) is 48.1 Å². The molecule has 33 heavy (non-hydrogen) atoms. The second-order valence-electron chi connectivity index (χ2n) is 9.39. The molecule has 1 fully saturated rings. The Hall–Kier alpha value is -2.42. The van der Waals surface area contributed by atoms with Crippen molar-refractivity contribution in [1.82, 2.24) is 14.9 Å². The van der Waals surface area contributed by atoms with E-state index in [2.05, 4.69) is 36.2 Å². The molecule has 7 nitrogen and oxygen atoms in total. The topological polar surface area (TPSA) is 68.7 Å². The Morgan fingerprint density at radius 3 is 2.91 bits per heavy atom. The summed E-state index contributed by atoms with van der Waals surface area (Å²) < 4.78 is 16.6. The first-order valence-electron chi connectivity index (χ1n) is 11.9. The zero-order valence-electron chi connectivity index (χ0n) is 19.2. The van der Waals surface area contributed by atoms with Crippen molar-refractivity contribution in [2.45, 2.75) is 45.7 Å². The van der Waals surface area contributed by atoms with Gasteiger partial charge in [0.15, 0.2) is 11.5 Å². The number of hydrogen-bond acceptors (Lipinski definition) is 8. The van der Waals surface area contributed by atoms with Crippen LogP contribution in [0, 0.1) is 5.92 Å². The molecular formula is C25H30N4O3S. The minimum atomic E-state index is 0.0758. The fourth-order valence-electron chi connectivity index (χ4n) is 4.99. The predicted molar refractivity (Wildman–Crippen MR) is 129 cm³/mol. The molecule has 1 saturated heterocycles. The van der Waals surface area contributed by atoms with Crippen molar-refractivity contribution in [3.05, 3.63) is 40.0 Å². The van der Waals surface area contributed by atoms with Crippen LogP contribution in [-0.2, 0) is 24.1 Å². The zero-order valence-corrected chi connectivity index (χ0v) is 20.0. The number of aromatic nitrogens is 2. The summed E-state index contributed by atoms with van der Waals surface area (Å²) in [5.41, 5.74) is 2.60. The minimum Gasteiger partial charge on any atom is -0.454 e. The molecule has 2 aromatic heterocycles. The number of fused-ring (bicyclic) bond motifs is 4. The maximum atomic E-state index is 5.60. The largest absolute Gasteiger partial charge is 0.454 e. The smallest absolute Gasteiger partial charge is 0.231 e. The number of benzene rings is 1. The van der Waals surface area contributed by atoms with Crippen LogP contribution >= 0.6 is 11.3 Å². The molecule has 3 aromatic rings. The van der Waals surface area contributed by atoms with Gasteiger partial charge in [-0.05, 0) is 55.4 Å². The molecule has 0 spiro atoms. The lowest BCUT2D eigenvalue weighted by Crippen LogP contribution is -2.36. The van der Waals surface area contributed by atoms with Crippen molar-refractivity contribution in [3.63, 3.8) is 0 Å². The highest BCUT2D eigenvalue weighted by Gasteiger charge is 2.25. The first-order chi connectivity index (χ1) is 16.1. The molecule has 4 heterocycles. The molecule has 1 aliphatic carbocycles. The van der Waals surface area contributed by atoms with Crippen molar-refractivity contribution in [3.8, 4) is 11.5 Å². The first-order valence-corrected chi connectivity index (χ1v) is 12.7. The maximum absolute atomic E-state index is 5.60.